The van der Waals surface area contributed by atoms with E-state index in [1.165, 1.54) is 12.1 Å². The van der Waals surface area contributed by atoms with E-state index in [4.69, 9.17) is 0 Å². The second-order valence-electron chi connectivity index (χ2n) is 7.25. The van der Waals surface area contributed by atoms with Crippen LogP contribution < -0.4 is 15.5 Å². The number of anilines is 1. The van der Waals surface area contributed by atoms with Crippen LogP contribution in [0, 0.1) is 5.82 Å². The Morgan fingerprint density at radius 3 is 2.57 bits per heavy atom. The molecule has 0 spiro atoms. The third-order valence-corrected chi connectivity index (χ3v) is 7.48. The lowest BCUT2D eigenvalue weighted by Gasteiger charge is -2.39. The van der Waals surface area contributed by atoms with E-state index in [9.17, 15) is 17.6 Å². The third-order valence-electron chi connectivity index (χ3n) is 5.46. The average molecular weight is 456 g/mol. The van der Waals surface area contributed by atoms with Gasteiger partial charge in [-0.05, 0) is 57.0 Å². The second kappa shape index (κ2) is 10.1. The monoisotopic (exact) mass is 455 g/mol. The summed E-state index contributed by atoms with van der Waals surface area (Å²) in [5.74, 6) is -0.688. The highest BCUT2D eigenvalue weighted by Gasteiger charge is 2.49. The van der Waals surface area contributed by atoms with Crippen molar-refractivity contribution in [2.24, 2.45) is 0 Å². The lowest BCUT2D eigenvalue weighted by molar-refractivity contribution is -0.125. The molecule has 10 heteroatoms. The SMILES string of the molecule is CS(=O)(=O)C1(C(=O)NC2CCCN(c3cccc(F)c3)C2)CCNCC1.Cl.Cl. The summed E-state index contributed by atoms with van der Waals surface area (Å²) in [5, 5.41) is 6.08. The number of halogens is 3. The molecule has 0 aromatic heterocycles. The maximum Gasteiger partial charge on any atom is 0.241 e. The van der Waals surface area contributed by atoms with Crippen LogP contribution in [0.2, 0.25) is 0 Å². The van der Waals surface area contributed by atoms with E-state index in [-0.39, 0.29) is 49.5 Å². The number of piperidine rings is 2. The third kappa shape index (κ3) is 5.28. The molecule has 2 aliphatic rings. The summed E-state index contributed by atoms with van der Waals surface area (Å²) < 4.78 is 36.9. The molecule has 2 saturated heterocycles. The Balaban J connectivity index is 0.00000196. The first-order chi connectivity index (χ1) is 12.3. The standard InChI is InChI=1S/C18H26FN3O3S.2ClH/c1-26(24,25)18(7-9-20-10-8-18)17(23)21-15-5-3-11-22(13-15)16-6-2-4-14(19)12-16;;/h2,4,6,12,15,20H,3,5,7-11,13H2,1H3,(H,21,23);2*1H. The van der Waals surface area contributed by atoms with E-state index in [1.807, 2.05) is 11.0 Å². The van der Waals surface area contributed by atoms with E-state index in [2.05, 4.69) is 10.6 Å². The molecule has 2 aliphatic heterocycles. The van der Waals surface area contributed by atoms with Crippen molar-refractivity contribution in [1.82, 2.24) is 10.6 Å². The highest BCUT2D eigenvalue weighted by molar-refractivity contribution is 7.92. The first kappa shape index (κ1) is 24.9. The van der Waals surface area contributed by atoms with Crippen LogP contribution in [0.25, 0.3) is 0 Å². The Hall–Kier alpha value is -1.09. The molecule has 3 rings (SSSR count). The minimum absolute atomic E-state index is 0. The zero-order chi connectivity index (χ0) is 18.8. The van der Waals surface area contributed by atoms with Crippen molar-refractivity contribution < 1.29 is 17.6 Å². The molecule has 0 radical (unpaired) electrons. The smallest absolute Gasteiger partial charge is 0.241 e. The number of hydrogen-bond acceptors (Lipinski definition) is 5. The van der Waals surface area contributed by atoms with Crippen molar-refractivity contribution in [2.45, 2.75) is 36.5 Å². The number of hydrogen-bond donors (Lipinski definition) is 2. The van der Waals surface area contributed by atoms with Crippen LogP contribution >= 0.6 is 24.8 Å². The number of sulfone groups is 1. The van der Waals surface area contributed by atoms with Gasteiger partial charge in [-0.2, -0.15) is 0 Å². The summed E-state index contributed by atoms with van der Waals surface area (Å²) >= 11 is 0. The van der Waals surface area contributed by atoms with Gasteiger partial charge in [-0.25, -0.2) is 12.8 Å². The number of nitrogens with zero attached hydrogens (tertiary/aromatic N) is 1. The van der Waals surface area contributed by atoms with Gasteiger partial charge in [0, 0.05) is 31.1 Å². The summed E-state index contributed by atoms with van der Waals surface area (Å²) in [7, 11) is -3.52. The van der Waals surface area contributed by atoms with Crippen molar-refractivity contribution in [1.29, 1.82) is 0 Å². The summed E-state index contributed by atoms with van der Waals surface area (Å²) in [6, 6.07) is 6.25. The van der Waals surface area contributed by atoms with E-state index >= 15 is 0 Å². The maximum absolute atomic E-state index is 13.5. The van der Waals surface area contributed by atoms with Crippen molar-refractivity contribution in [3.63, 3.8) is 0 Å². The molecule has 1 atom stereocenters. The molecular weight excluding hydrogens is 428 g/mol. The van der Waals surface area contributed by atoms with Gasteiger partial charge in [0.15, 0.2) is 14.6 Å². The number of rotatable bonds is 4. The number of nitrogens with one attached hydrogen (secondary N) is 2. The Labute approximate surface area is 178 Å². The van der Waals surface area contributed by atoms with E-state index < -0.39 is 20.5 Å². The van der Waals surface area contributed by atoms with Crippen molar-refractivity contribution >= 4 is 46.2 Å². The van der Waals surface area contributed by atoms with Gasteiger partial charge in [0.2, 0.25) is 5.91 Å². The van der Waals surface area contributed by atoms with E-state index in [1.54, 1.807) is 6.07 Å². The van der Waals surface area contributed by atoms with Crippen LogP contribution in [0.15, 0.2) is 24.3 Å². The molecule has 0 aliphatic carbocycles. The normalized spacial score (nSPS) is 21.8. The molecule has 1 aromatic rings. The molecule has 0 bridgehead atoms. The van der Waals surface area contributed by atoms with Crippen molar-refractivity contribution in [3.05, 3.63) is 30.1 Å². The Kier molecular flexibility index (Phi) is 8.99. The lowest BCUT2D eigenvalue weighted by atomic mass is 9.94. The predicted molar refractivity (Wildman–Crippen MR) is 114 cm³/mol. The van der Waals surface area contributed by atoms with Crippen LogP contribution in [0.5, 0.6) is 0 Å². The molecule has 6 nitrogen and oxygen atoms in total. The highest BCUT2D eigenvalue weighted by Crippen LogP contribution is 2.29. The zero-order valence-corrected chi connectivity index (χ0v) is 18.3. The molecule has 1 unspecified atom stereocenters. The maximum atomic E-state index is 13.5. The topological polar surface area (TPSA) is 78.5 Å². The van der Waals surface area contributed by atoms with Gasteiger partial charge in [-0.1, -0.05) is 6.07 Å². The first-order valence-corrected chi connectivity index (χ1v) is 10.9. The Morgan fingerprint density at radius 2 is 1.96 bits per heavy atom. The number of carbonyl (C=O) groups excluding carboxylic acids is 1. The predicted octanol–water partition coefficient (Wildman–Crippen LogP) is 1.92. The van der Waals surface area contributed by atoms with Crippen LogP contribution in [0.1, 0.15) is 25.7 Å². The fourth-order valence-corrected chi connectivity index (χ4v) is 5.26. The summed E-state index contributed by atoms with van der Waals surface area (Å²) in [4.78, 5) is 15.0. The molecule has 2 N–H and O–H groups in total. The minimum Gasteiger partial charge on any atom is -0.369 e. The molecule has 1 amide bonds. The number of benzene rings is 1. The van der Waals surface area contributed by atoms with Crippen LogP contribution in [0.3, 0.4) is 0 Å². The van der Waals surface area contributed by atoms with E-state index in [0.29, 0.717) is 19.6 Å². The summed E-state index contributed by atoms with van der Waals surface area (Å²) in [6.45, 7) is 2.37. The molecule has 0 saturated carbocycles. The quantitative estimate of drug-likeness (QED) is 0.724. The van der Waals surface area contributed by atoms with E-state index in [0.717, 1.165) is 31.3 Å². The van der Waals surface area contributed by atoms with Crippen LogP contribution in [-0.4, -0.2) is 57.5 Å². The molecule has 2 fully saturated rings. The summed E-state index contributed by atoms with van der Waals surface area (Å²) in [6.07, 6.45) is 3.37. The van der Waals surface area contributed by atoms with Crippen molar-refractivity contribution in [3.8, 4) is 0 Å². The second-order valence-corrected chi connectivity index (χ2v) is 9.58. The van der Waals surface area contributed by atoms with Crippen LogP contribution in [-0.2, 0) is 14.6 Å². The van der Waals surface area contributed by atoms with Gasteiger partial charge >= 0.3 is 0 Å². The Bertz CT molecular complexity index is 773. The number of amides is 1. The van der Waals surface area contributed by atoms with Gasteiger partial charge in [0.25, 0.3) is 0 Å². The molecule has 1 aromatic carbocycles. The highest BCUT2D eigenvalue weighted by atomic mass is 35.5. The molecular formula is C18H28Cl2FN3O3S. The first-order valence-electron chi connectivity index (χ1n) is 9.04. The fourth-order valence-electron chi connectivity index (χ4n) is 3.92. The van der Waals surface area contributed by atoms with Crippen LogP contribution in [0.4, 0.5) is 10.1 Å². The largest absolute Gasteiger partial charge is 0.369 e. The molecule has 160 valence electrons. The minimum atomic E-state index is -3.52. The summed E-state index contributed by atoms with van der Waals surface area (Å²) in [5.41, 5.74) is 0.781. The molecule has 28 heavy (non-hydrogen) atoms. The van der Waals surface area contributed by atoms with Gasteiger partial charge in [-0.3, -0.25) is 4.79 Å². The van der Waals surface area contributed by atoms with Crippen molar-refractivity contribution in [2.75, 3.05) is 37.3 Å². The van der Waals surface area contributed by atoms with Gasteiger partial charge in [0.1, 0.15) is 5.82 Å². The number of carbonyl (C=O) groups is 1. The Morgan fingerprint density at radius 1 is 1.29 bits per heavy atom. The fraction of sp³-hybridized carbons (Fsp3) is 0.611. The average Bonchev–Trinajstić information content (AvgIpc) is 2.61. The van der Waals surface area contributed by atoms with Gasteiger partial charge in [0.05, 0.1) is 0 Å². The zero-order valence-electron chi connectivity index (χ0n) is 15.8. The van der Waals surface area contributed by atoms with Gasteiger partial charge < -0.3 is 15.5 Å². The molecule has 2 heterocycles. The lowest BCUT2D eigenvalue weighted by Crippen LogP contribution is -2.60. The van der Waals surface area contributed by atoms with Gasteiger partial charge in [-0.15, -0.1) is 24.8 Å².